The largest absolute Gasteiger partial charge is 0.295 e. The zero-order chi connectivity index (χ0) is 33.8. The van der Waals surface area contributed by atoms with Crippen LogP contribution in [0, 0.1) is 61.6 Å². The lowest BCUT2D eigenvalue weighted by Gasteiger charge is -2.69. The van der Waals surface area contributed by atoms with E-state index in [9.17, 15) is 19.6 Å². The van der Waals surface area contributed by atoms with Crippen molar-refractivity contribution in [3.8, 4) is 17.3 Å². The van der Waals surface area contributed by atoms with Crippen molar-refractivity contribution in [3.63, 3.8) is 0 Å². The summed E-state index contributed by atoms with van der Waals surface area (Å²) in [6, 6.07) is 6.03. The van der Waals surface area contributed by atoms with Gasteiger partial charge >= 0.3 is 0 Å². The molecule has 0 N–H and O–H groups in total. The maximum absolute atomic E-state index is 15.0. The van der Waals surface area contributed by atoms with E-state index in [2.05, 4.69) is 50.7 Å². The van der Waals surface area contributed by atoms with Crippen LogP contribution in [0.25, 0.3) is 11.3 Å². The molecule has 5 aliphatic carbocycles. The first kappa shape index (κ1) is 31.9. The number of Topliss-reactive ketones (excluding diaryl/α,β-unsaturated/α-hetero) is 1. The summed E-state index contributed by atoms with van der Waals surface area (Å²) in [6.07, 6.45) is 17.4. The third-order valence-electron chi connectivity index (χ3n) is 14.4. The van der Waals surface area contributed by atoms with Crippen LogP contribution in [0.3, 0.4) is 0 Å². The Morgan fingerprint density at radius 2 is 1.81 bits per heavy atom. The molecular weight excluding hydrogens is 584 g/mol. The molecule has 47 heavy (non-hydrogen) atoms. The Morgan fingerprint density at radius 1 is 1.06 bits per heavy atom. The predicted molar refractivity (Wildman–Crippen MR) is 180 cm³/mol. The van der Waals surface area contributed by atoms with Gasteiger partial charge in [-0.25, -0.2) is 4.98 Å². The van der Waals surface area contributed by atoms with Crippen LogP contribution >= 0.6 is 0 Å². The number of allylic oxidation sites excluding steroid dienone is 4. The molecule has 5 aliphatic rings. The van der Waals surface area contributed by atoms with E-state index in [1.165, 1.54) is 0 Å². The van der Waals surface area contributed by atoms with Gasteiger partial charge in [-0.2, -0.15) is 5.26 Å². The molecule has 7 atom stereocenters. The first-order valence-corrected chi connectivity index (χ1v) is 17.5. The molecule has 0 aliphatic heterocycles. The average molecular weight is 633 g/mol. The van der Waals surface area contributed by atoms with Crippen molar-refractivity contribution in [1.82, 2.24) is 14.5 Å². The molecule has 2 unspecified atom stereocenters. The Hall–Kier alpha value is -3.66. The highest BCUT2D eigenvalue weighted by atomic mass is 16.2. The van der Waals surface area contributed by atoms with Gasteiger partial charge in [0.05, 0.1) is 16.7 Å². The number of ketones is 2. The van der Waals surface area contributed by atoms with Crippen LogP contribution in [0.15, 0.2) is 60.3 Å². The van der Waals surface area contributed by atoms with Gasteiger partial charge in [-0.05, 0) is 97.7 Å². The smallest absolute Gasteiger partial charge is 0.238 e. The highest BCUT2D eigenvalue weighted by molar-refractivity contribution is 6.04. The van der Waals surface area contributed by atoms with E-state index in [4.69, 9.17) is 0 Å². The Labute approximate surface area is 278 Å². The Balaban J connectivity index is 1.36. The van der Waals surface area contributed by atoms with Crippen LogP contribution < -0.4 is 0 Å². The van der Waals surface area contributed by atoms with Crippen LogP contribution in [-0.4, -0.2) is 32.0 Å². The second kappa shape index (κ2) is 10.2. The van der Waals surface area contributed by atoms with Crippen LogP contribution in [0.2, 0.25) is 0 Å². The summed E-state index contributed by atoms with van der Waals surface area (Å²) >= 11 is 0. The first-order valence-electron chi connectivity index (χ1n) is 17.5. The second-order valence-electron chi connectivity index (χ2n) is 17.2. The lowest BCUT2D eigenvalue weighted by atomic mass is 9.33. The predicted octanol–water partition coefficient (Wildman–Crippen LogP) is 8.19. The van der Waals surface area contributed by atoms with Gasteiger partial charge in [0.2, 0.25) is 5.91 Å². The Bertz CT molecular complexity index is 1790. The lowest BCUT2D eigenvalue weighted by Crippen LogP contribution is -2.66. The molecule has 3 saturated carbocycles. The second-order valence-corrected chi connectivity index (χ2v) is 17.2. The van der Waals surface area contributed by atoms with Crippen molar-refractivity contribution in [2.24, 2.45) is 50.2 Å². The number of carbonyl (C=O) groups excluding carboxylic acids is 3. The number of carbonyl (C=O) groups is 3. The van der Waals surface area contributed by atoms with Gasteiger partial charge in [0, 0.05) is 40.9 Å². The standard InChI is InChI=1S/C40H48N4O3/c1-8-40-16-15-39(34(47)44-23-28(43-24-44)25-10-9-17-42-22-25)14-13-35(2,3)20-27(39)32(40)29(45)18-31-37(6)19-26(21-41)33(46)36(4,5)30(37)11-12-38(31,40)7/h9-10,17-19,22-24,27,30,32H,8,11-16,20H2,1-7H3/t27?,30?,32-,37-,38+,39-,40+/m0/s1. The maximum atomic E-state index is 15.0. The fourth-order valence-corrected chi connectivity index (χ4v) is 11.9. The summed E-state index contributed by atoms with van der Waals surface area (Å²) in [6.45, 7) is 15.3. The van der Waals surface area contributed by atoms with Crippen molar-refractivity contribution < 1.29 is 14.4 Å². The van der Waals surface area contributed by atoms with Crippen LogP contribution in [0.5, 0.6) is 0 Å². The van der Waals surface area contributed by atoms with Gasteiger partial charge in [-0.15, -0.1) is 0 Å². The van der Waals surface area contributed by atoms with Gasteiger partial charge in [-0.1, -0.05) is 60.1 Å². The number of hydrogen-bond donors (Lipinski definition) is 0. The number of pyridine rings is 1. The lowest BCUT2D eigenvalue weighted by molar-refractivity contribution is -0.170. The number of nitrogens with zero attached hydrogens (tertiary/aromatic N) is 4. The van der Waals surface area contributed by atoms with Crippen molar-refractivity contribution in [1.29, 1.82) is 5.26 Å². The Morgan fingerprint density at radius 3 is 2.49 bits per heavy atom. The zero-order valence-electron chi connectivity index (χ0n) is 29.0. The third-order valence-corrected chi connectivity index (χ3v) is 14.4. The van der Waals surface area contributed by atoms with E-state index in [-0.39, 0.29) is 57.0 Å². The van der Waals surface area contributed by atoms with Crippen LogP contribution in [-0.2, 0) is 9.59 Å². The number of hydrogen-bond acceptors (Lipinski definition) is 6. The molecule has 2 aromatic heterocycles. The van der Waals surface area contributed by atoms with Crippen LogP contribution in [0.4, 0.5) is 0 Å². The van der Waals surface area contributed by atoms with E-state index < -0.39 is 16.2 Å². The number of nitriles is 1. The average Bonchev–Trinajstić information content (AvgIpc) is 3.54. The Kier molecular flexibility index (Phi) is 6.91. The third kappa shape index (κ3) is 4.12. The first-order chi connectivity index (χ1) is 22.1. The van der Waals surface area contributed by atoms with Gasteiger partial charge < -0.3 is 0 Å². The van der Waals surface area contributed by atoms with Crippen molar-refractivity contribution in [2.45, 2.75) is 99.8 Å². The molecule has 3 fully saturated rings. The SMILES string of the molecule is CC[C@@]12CC[C@@]3(C(=O)n4cnc(-c5cccnc5)c4)CCC(C)(C)CC3[C@H]1C(=O)C=C1[C@@]3(C)C=C(C#N)C(=O)C(C)(C)C3CC[C@]12C. The monoisotopic (exact) mass is 632 g/mol. The van der Waals surface area contributed by atoms with E-state index in [0.717, 1.165) is 62.5 Å². The summed E-state index contributed by atoms with van der Waals surface area (Å²) in [7, 11) is 0. The molecule has 0 radical (unpaired) electrons. The molecule has 2 heterocycles. The normalized spacial score (nSPS) is 38.5. The highest BCUT2D eigenvalue weighted by Crippen LogP contribution is 2.75. The molecule has 0 spiro atoms. The van der Waals surface area contributed by atoms with Gasteiger partial charge in [0.1, 0.15) is 12.4 Å². The fourth-order valence-electron chi connectivity index (χ4n) is 11.9. The van der Waals surface area contributed by atoms with E-state index >= 15 is 0 Å². The van der Waals surface area contributed by atoms with Gasteiger partial charge in [-0.3, -0.25) is 23.9 Å². The number of fused-ring (bicyclic) bond motifs is 7. The minimum absolute atomic E-state index is 0.00491. The molecule has 0 saturated heterocycles. The summed E-state index contributed by atoms with van der Waals surface area (Å²) in [4.78, 5) is 52.1. The molecule has 7 nitrogen and oxygen atoms in total. The zero-order valence-corrected chi connectivity index (χ0v) is 29.0. The maximum Gasteiger partial charge on any atom is 0.238 e. The molecule has 0 aromatic carbocycles. The number of aromatic nitrogens is 3. The quantitative estimate of drug-likeness (QED) is 0.338. The summed E-state index contributed by atoms with van der Waals surface area (Å²) in [5.41, 5.74) is 0.340. The van der Waals surface area contributed by atoms with Crippen molar-refractivity contribution in [2.75, 3.05) is 0 Å². The molecule has 2 aromatic rings. The topological polar surface area (TPSA) is 106 Å². The highest BCUT2D eigenvalue weighted by Gasteiger charge is 2.71. The summed E-state index contributed by atoms with van der Waals surface area (Å²) in [5, 5.41) is 10.0. The summed E-state index contributed by atoms with van der Waals surface area (Å²) in [5.74, 6) is -0.276. The number of rotatable bonds is 3. The van der Waals surface area contributed by atoms with E-state index in [1.807, 2.05) is 44.3 Å². The van der Waals surface area contributed by atoms with Crippen LogP contribution in [0.1, 0.15) is 105 Å². The molecule has 0 amide bonds. The van der Waals surface area contributed by atoms with Gasteiger partial charge in [0.15, 0.2) is 11.6 Å². The molecule has 246 valence electrons. The van der Waals surface area contributed by atoms with Gasteiger partial charge in [0.25, 0.3) is 0 Å². The van der Waals surface area contributed by atoms with E-state index in [1.54, 1.807) is 23.3 Å². The minimum atomic E-state index is -0.697. The molecule has 0 bridgehead atoms. The van der Waals surface area contributed by atoms with E-state index in [0.29, 0.717) is 5.69 Å². The summed E-state index contributed by atoms with van der Waals surface area (Å²) < 4.78 is 1.68. The number of imidazole rings is 1. The van der Waals surface area contributed by atoms with Crippen molar-refractivity contribution >= 4 is 17.5 Å². The molecule has 7 rings (SSSR count). The minimum Gasteiger partial charge on any atom is -0.295 e. The molecule has 7 heteroatoms. The molecular formula is C40H48N4O3. The fraction of sp³-hybridized carbons (Fsp3) is 0.600. The van der Waals surface area contributed by atoms with Crippen molar-refractivity contribution in [3.05, 3.63) is 60.3 Å².